The number of aliphatic hydroxyl groups is 3. The molecular formula is C11H14FN3O3. The van der Waals surface area contributed by atoms with Gasteiger partial charge in [-0.2, -0.15) is 0 Å². The molecule has 2 aromatic rings. The first kappa shape index (κ1) is 12.7. The summed E-state index contributed by atoms with van der Waals surface area (Å²) in [5, 5.41) is 30.2. The first-order valence-corrected chi connectivity index (χ1v) is 5.38. The smallest absolute Gasteiger partial charge is 0.201 e. The number of anilines is 1. The minimum Gasteiger partial charge on any atom is -0.394 e. The van der Waals surface area contributed by atoms with Crippen LogP contribution in [0.3, 0.4) is 0 Å². The fraction of sp³-hybridized carbons (Fsp3) is 0.364. The van der Waals surface area contributed by atoms with Gasteiger partial charge in [0.2, 0.25) is 5.95 Å². The van der Waals surface area contributed by atoms with E-state index in [4.69, 9.17) is 0 Å². The van der Waals surface area contributed by atoms with Gasteiger partial charge in [-0.3, -0.25) is 0 Å². The van der Waals surface area contributed by atoms with E-state index >= 15 is 0 Å². The summed E-state index contributed by atoms with van der Waals surface area (Å²) < 4.78 is 13.0. The van der Waals surface area contributed by atoms with E-state index < -0.39 is 31.2 Å². The van der Waals surface area contributed by atoms with Crippen LogP contribution in [-0.2, 0) is 0 Å². The quantitative estimate of drug-likeness (QED) is 0.510. The third kappa shape index (κ3) is 2.28. The van der Waals surface area contributed by atoms with E-state index in [0.717, 1.165) is 0 Å². The zero-order chi connectivity index (χ0) is 13.2. The number of nitrogens with one attached hydrogen (secondary N) is 2. The molecule has 0 saturated carbocycles. The molecule has 0 aliphatic heterocycles. The number of fused-ring (bicyclic) bond motifs is 1. The summed E-state index contributed by atoms with van der Waals surface area (Å²) in [6.45, 7) is -1.40. The number of aromatic nitrogens is 2. The van der Waals surface area contributed by atoms with Gasteiger partial charge in [0, 0.05) is 0 Å². The molecule has 0 spiro atoms. The standard InChI is InChI=1S/C11H14FN3O3/c12-7-1-2-8-9(3-7)14-10(13-8)15-11(4-16,5-17)6-18/h1-3,16-18H,4-6H2,(H2,13,14,15). The molecule has 1 aromatic heterocycles. The summed E-state index contributed by atoms with van der Waals surface area (Å²) in [5.41, 5.74) is -0.242. The van der Waals surface area contributed by atoms with Crippen molar-refractivity contribution < 1.29 is 19.7 Å². The molecule has 0 atom stereocenters. The maximum Gasteiger partial charge on any atom is 0.201 e. The van der Waals surface area contributed by atoms with Crippen LogP contribution in [0.4, 0.5) is 10.3 Å². The van der Waals surface area contributed by atoms with Crippen molar-refractivity contribution in [2.24, 2.45) is 0 Å². The van der Waals surface area contributed by atoms with E-state index in [-0.39, 0.29) is 5.95 Å². The summed E-state index contributed by atoms with van der Waals surface area (Å²) in [7, 11) is 0. The molecule has 2 rings (SSSR count). The van der Waals surface area contributed by atoms with Crippen LogP contribution in [-0.4, -0.2) is 50.6 Å². The number of hydrogen-bond acceptors (Lipinski definition) is 5. The Balaban J connectivity index is 2.31. The van der Waals surface area contributed by atoms with Gasteiger partial charge in [-0.25, -0.2) is 9.37 Å². The van der Waals surface area contributed by atoms with Gasteiger partial charge in [0.05, 0.1) is 30.9 Å². The monoisotopic (exact) mass is 255 g/mol. The second-order valence-electron chi connectivity index (χ2n) is 4.13. The SMILES string of the molecule is OCC(CO)(CO)Nc1nc2ccc(F)cc2[nH]1. The molecule has 0 fully saturated rings. The van der Waals surface area contributed by atoms with Crippen LogP contribution in [0, 0.1) is 5.82 Å². The minimum absolute atomic E-state index is 0.243. The first-order chi connectivity index (χ1) is 8.62. The molecule has 0 aliphatic rings. The van der Waals surface area contributed by atoms with Crippen molar-refractivity contribution in [1.29, 1.82) is 0 Å². The molecule has 1 heterocycles. The fourth-order valence-corrected chi connectivity index (χ4v) is 1.56. The van der Waals surface area contributed by atoms with Crippen LogP contribution in [0.1, 0.15) is 0 Å². The van der Waals surface area contributed by atoms with Crippen molar-refractivity contribution in [3.8, 4) is 0 Å². The zero-order valence-electron chi connectivity index (χ0n) is 9.52. The van der Waals surface area contributed by atoms with Gasteiger partial charge < -0.3 is 25.6 Å². The van der Waals surface area contributed by atoms with Crippen molar-refractivity contribution in [3.05, 3.63) is 24.0 Å². The highest BCUT2D eigenvalue weighted by Crippen LogP contribution is 2.18. The summed E-state index contributed by atoms with van der Waals surface area (Å²) in [5.74, 6) is -0.150. The Labute approximate surface area is 102 Å². The Hall–Kier alpha value is -1.70. The van der Waals surface area contributed by atoms with Crippen LogP contribution in [0.25, 0.3) is 11.0 Å². The highest BCUT2D eigenvalue weighted by atomic mass is 19.1. The summed E-state index contributed by atoms with van der Waals surface area (Å²) >= 11 is 0. The number of halogens is 1. The number of H-pyrrole nitrogens is 1. The maximum absolute atomic E-state index is 13.0. The Morgan fingerprint density at radius 3 is 2.50 bits per heavy atom. The molecule has 0 saturated heterocycles. The number of imidazole rings is 1. The zero-order valence-corrected chi connectivity index (χ0v) is 9.52. The van der Waals surface area contributed by atoms with Gasteiger partial charge in [0.1, 0.15) is 11.4 Å². The molecule has 0 unspecified atom stereocenters. The van der Waals surface area contributed by atoms with Gasteiger partial charge in [-0.15, -0.1) is 0 Å². The second-order valence-corrected chi connectivity index (χ2v) is 4.13. The Morgan fingerprint density at radius 1 is 1.22 bits per heavy atom. The number of nitrogens with zero attached hydrogens (tertiary/aromatic N) is 1. The lowest BCUT2D eigenvalue weighted by Crippen LogP contribution is -2.49. The van der Waals surface area contributed by atoms with Gasteiger partial charge in [0.25, 0.3) is 0 Å². The van der Waals surface area contributed by atoms with Crippen LogP contribution in [0.15, 0.2) is 18.2 Å². The van der Waals surface area contributed by atoms with Crippen LogP contribution < -0.4 is 5.32 Å². The maximum atomic E-state index is 13.0. The van der Waals surface area contributed by atoms with Crippen LogP contribution >= 0.6 is 0 Å². The lowest BCUT2D eigenvalue weighted by Gasteiger charge is -2.28. The second kappa shape index (κ2) is 4.89. The van der Waals surface area contributed by atoms with Gasteiger partial charge in [-0.1, -0.05) is 0 Å². The van der Waals surface area contributed by atoms with Crippen molar-refractivity contribution >= 4 is 17.0 Å². The molecule has 5 N–H and O–H groups in total. The molecule has 7 heteroatoms. The molecule has 0 aliphatic carbocycles. The first-order valence-electron chi connectivity index (χ1n) is 5.38. The van der Waals surface area contributed by atoms with Crippen molar-refractivity contribution in [2.45, 2.75) is 5.54 Å². The third-order valence-corrected chi connectivity index (χ3v) is 2.74. The lowest BCUT2D eigenvalue weighted by atomic mass is 10.0. The highest BCUT2D eigenvalue weighted by Gasteiger charge is 2.28. The molecule has 1 aromatic carbocycles. The molecule has 6 nitrogen and oxygen atoms in total. The van der Waals surface area contributed by atoms with Gasteiger partial charge >= 0.3 is 0 Å². The van der Waals surface area contributed by atoms with E-state index in [1.807, 2.05) is 0 Å². The molecular weight excluding hydrogens is 241 g/mol. The number of rotatable bonds is 5. The third-order valence-electron chi connectivity index (χ3n) is 2.74. The number of hydrogen-bond donors (Lipinski definition) is 5. The van der Waals surface area contributed by atoms with Crippen molar-refractivity contribution in [2.75, 3.05) is 25.1 Å². The van der Waals surface area contributed by atoms with E-state index in [2.05, 4.69) is 15.3 Å². The predicted molar refractivity (Wildman–Crippen MR) is 63.7 cm³/mol. The largest absolute Gasteiger partial charge is 0.394 e. The molecule has 18 heavy (non-hydrogen) atoms. The average molecular weight is 255 g/mol. The van der Waals surface area contributed by atoms with E-state index in [1.165, 1.54) is 18.2 Å². The number of benzene rings is 1. The Morgan fingerprint density at radius 2 is 1.89 bits per heavy atom. The Bertz CT molecular complexity index is 531. The molecule has 98 valence electrons. The highest BCUT2D eigenvalue weighted by molar-refractivity contribution is 5.77. The summed E-state index contributed by atoms with van der Waals surface area (Å²) in [4.78, 5) is 6.91. The van der Waals surface area contributed by atoms with Gasteiger partial charge in [0.15, 0.2) is 0 Å². The fourth-order valence-electron chi connectivity index (χ4n) is 1.56. The van der Waals surface area contributed by atoms with E-state index in [0.29, 0.717) is 11.0 Å². The molecule has 0 bridgehead atoms. The average Bonchev–Trinajstić information content (AvgIpc) is 2.77. The summed E-state index contributed by atoms with van der Waals surface area (Å²) in [6.07, 6.45) is 0. The van der Waals surface area contributed by atoms with Crippen molar-refractivity contribution in [3.63, 3.8) is 0 Å². The predicted octanol–water partition coefficient (Wildman–Crippen LogP) is -0.170. The summed E-state index contributed by atoms with van der Waals surface area (Å²) in [6, 6.07) is 4.07. The lowest BCUT2D eigenvalue weighted by molar-refractivity contribution is 0.0829. The minimum atomic E-state index is -1.27. The van der Waals surface area contributed by atoms with Gasteiger partial charge in [-0.05, 0) is 18.2 Å². The number of aliphatic hydroxyl groups excluding tert-OH is 3. The van der Waals surface area contributed by atoms with Crippen LogP contribution in [0.5, 0.6) is 0 Å². The normalized spacial score (nSPS) is 12.0. The van der Waals surface area contributed by atoms with Crippen molar-refractivity contribution in [1.82, 2.24) is 9.97 Å². The molecule has 0 amide bonds. The van der Waals surface area contributed by atoms with E-state index in [1.54, 1.807) is 0 Å². The molecule has 0 radical (unpaired) electrons. The number of aromatic amines is 1. The van der Waals surface area contributed by atoms with Crippen LogP contribution in [0.2, 0.25) is 0 Å². The Kier molecular flexibility index (Phi) is 3.46. The topological polar surface area (TPSA) is 101 Å². The van der Waals surface area contributed by atoms with E-state index in [9.17, 15) is 19.7 Å².